The standard InChI is InChI=1S/C27H25F2N3O.ClH/c28-19-5-1-17(2-6-19)13-14-30-21-9-11-25-23(15-21)24-16-22(10-12-26(24)32-25)31-27(33)18-3-7-20(29)8-4-18;/h1-8,10,12,16,21,30,32H,9,11,13-15H2,(H,31,33);1H. The number of halogens is 3. The van der Waals surface area contributed by atoms with E-state index >= 15 is 0 Å². The quantitative estimate of drug-likeness (QED) is 0.325. The third kappa shape index (κ3) is 5.29. The number of amides is 1. The van der Waals surface area contributed by atoms with Gasteiger partial charge in [0.25, 0.3) is 5.91 Å². The summed E-state index contributed by atoms with van der Waals surface area (Å²) in [5.74, 6) is -0.842. The highest BCUT2D eigenvalue weighted by molar-refractivity contribution is 6.05. The van der Waals surface area contributed by atoms with E-state index < -0.39 is 0 Å². The zero-order chi connectivity index (χ0) is 22.8. The van der Waals surface area contributed by atoms with Crippen LogP contribution in [0.1, 0.15) is 33.6 Å². The summed E-state index contributed by atoms with van der Waals surface area (Å²) in [6.07, 6.45) is 3.79. The summed E-state index contributed by atoms with van der Waals surface area (Å²) in [5.41, 5.74) is 5.85. The van der Waals surface area contributed by atoms with Crippen molar-refractivity contribution in [2.75, 3.05) is 11.9 Å². The maximum atomic E-state index is 13.1. The van der Waals surface area contributed by atoms with Crippen LogP contribution in [0.3, 0.4) is 0 Å². The smallest absolute Gasteiger partial charge is 0.255 e. The number of aryl methyl sites for hydroxylation is 1. The Hall–Kier alpha value is -3.22. The lowest BCUT2D eigenvalue weighted by atomic mass is 9.91. The van der Waals surface area contributed by atoms with Gasteiger partial charge in [-0.3, -0.25) is 4.79 Å². The van der Waals surface area contributed by atoms with E-state index in [1.54, 1.807) is 0 Å². The number of benzene rings is 3. The van der Waals surface area contributed by atoms with E-state index in [4.69, 9.17) is 0 Å². The number of hydrogen-bond acceptors (Lipinski definition) is 2. The van der Waals surface area contributed by atoms with Gasteiger partial charge in [-0.2, -0.15) is 0 Å². The van der Waals surface area contributed by atoms with Crippen LogP contribution in [0.2, 0.25) is 0 Å². The maximum absolute atomic E-state index is 13.1. The predicted molar refractivity (Wildman–Crippen MR) is 134 cm³/mol. The molecule has 3 N–H and O–H groups in total. The van der Waals surface area contributed by atoms with Gasteiger partial charge < -0.3 is 15.6 Å². The fourth-order valence-electron chi connectivity index (χ4n) is 4.55. The normalized spacial score (nSPS) is 14.9. The van der Waals surface area contributed by atoms with Crippen molar-refractivity contribution in [2.45, 2.75) is 31.7 Å². The molecule has 0 fully saturated rings. The average Bonchev–Trinajstić information content (AvgIpc) is 3.18. The minimum atomic E-state index is -0.368. The van der Waals surface area contributed by atoms with Crippen LogP contribution in [0.5, 0.6) is 0 Å². The molecule has 1 aliphatic carbocycles. The molecule has 7 heteroatoms. The molecule has 1 aromatic heterocycles. The van der Waals surface area contributed by atoms with Crippen LogP contribution in [0.4, 0.5) is 14.5 Å². The van der Waals surface area contributed by atoms with E-state index in [0.717, 1.165) is 48.7 Å². The summed E-state index contributed by atoms with van der Waals surface area (Å²) in [7, 11) is 0. The van der Waals surface area contributed by atoms with Gasteiger partial charge in [0.2, 0.25) is 0 Å². The minimum Gasteiger partial charge on any atom is -0.358 e. The number of hydrogen-bond donors (Lipinski definition) is 3. The number of carbonyl (C=O) groups is 1. The van der Waals surface area contributed by atoms with Crippen molar-refractivity contribution in [3.63, 3.8) is 0 Å². The SMILES string of the molecule is Cl.O=C(Nc1ccc2[nH]c3c(c2c1)CC(NCCc1ccc(F)cc1)CC3)c1ccc(F)cc1. The number of anilines is 1. The Morgan fingerprint density at radius 2 is 1.68 bits per heavy atom. The maximum Gasteiger partial charge on any atom is 0.255 e. The van der Waals surface area contributed by atoms with Gasteiger partial charge in [-0.1, -0.05) is 12.1 Å². The van der Waals surface area contributed by atoms with Gasteiger partial charge in [0.1, 0.15) is 11.6 Å². The van der Waals surface area contributed by atoms with Crippen molar-refractivity contribution < 1.29 is 13.6 Å². The van der Waals surface area contributed by atoms with Crippen LogP contribution in [-0.4, -0.2) is 23.5 Å². The third-order valence-corrected chi connectivity index (χ3v) is 6.31. The number of aromatic nitrogens is 1. The summed E-state index contributed by atoms with van der Waals surface area (Å²) in [4.78, 5) is 16.0. The van der Waals surface area contributed by atoms with Crippen LogP contribution in [-0.2, 0) is 19.3 Å². The lowest BCUT2D eigenvalue weighted by Gasteiger charge is -2.24. The van der Waals surface area contributed by atoms with Gasteiger partial charge >= 0.3 is 0 Å². The predicted octanol–water partition coefficient (Wildman–Crippen LogP) is 5.81. The number of H-pyrrole nitrogens is 1. The van der Waals surface area contributed by atoms with Crippen molar-refractivity contribution in [3.8, 4) is 0 Å². The van der Waals surface area contributed by atoms with Crippen molar-refractivity contribution in [3.05, 3.63) is 101 Å². The van der Waals surface area contributed by atoms with Gasteiger partial charge in [-0.05, 0) is 98.0 Å². The number of fused-ring (bicyclic) bond motifs is 3. The molecule has 0 saturated carbocycles. The third-order valence-electron chi connectivity index (χ3n) is 6.31. The van der Waals surface area contributed by atoms with E-state index in [1.807, 2.05) is 30.3 Å². The first-order valence-corrected chi connectivity index (χ1v) is 11.2. The first kappa shape index (κ1) is 23.9. The van der Waals surface area contributed by atoms with Crippen LogP contribution in [0, 0.1) is 11.6 Å². The number of carbonyl (C=O) groups excluding carboxylic acids is 1. The molecule has 4 aromatic rings. The second-order valence-electron chi connectivity index (χ2n) is 8.57. The average molecular weight is 482 g/mol. The Labute approximate surface area is 203 Å². The van der Waals surface area contributed by atoms with Crippen molar-refractivity contribution in [1.82, 2.24) is 10.3 Å². The Kier molecular flexibility index (Phi) is 7.29. The van der Waals surface area contributed by atoms with Gasteiger partial charge in [-0.15, -0.1) is 12.4 Å². The Morgan fingerprint density at radius 3 is 2.41 bits per heavy atom. The monoisotopic (exact) mass is 481 g/mol. The fraction of sp³-hybridized carbons (Fsp3) is 0.222. The minimum absolute atomic E-state index is 0. The highest BCUT2D eigenvalue weighted by Gasteiger charge is 2.22. The van der Waals surface area contributed by atoms with Crippen LogP contribution in [0.15, 0.2) is 66.7 Å². The summed E-state index contributed by atoms with van der Waals surface area (Å²) in [5, 5.41) is 7.68. The molecule has 0 aliphatic heterocycles. The van der Waals surface area contributed by atoms with E-state index in [0.29, 0.717) is 17.3 Å². The highest BCUT2D eigenvalue weighted by atomic mass is 35.5. The Bertz CT molecular complexity index is 1290. The summed E-state index contributed by atoms with van der Waals surface area (Å²) in [6.45, 7) is 0.840. The number of aromatic amines is 1. The van der Waals surface area contributed by atoms with Gasteiger partial charge in [-0.25, -0.2) is 8.78 Å². The fourth-order valence-corrected chi connectivity index (χ4v) is 4.55. The molecule has 0 bridgehead atoms. The molecule has 4 nitrogen and oxygen atoms in total. The molecule has 3 aromatic carbocycles. The summed E-state index contributed by atoms with van der Waals surface area (Å²) < 4.78 is 26.2. The van der Waals surface area contributed by atoms with E-state index in [-0.39, 0.29) is 29.9 Å². The Morgan fingerprint density at radius 1 is 0.971 bits per heavy atom. The zero-order valence-electron chi connectivity index (χ0n) is 18.5. The summed E-state index contributed by atoms with van der Waals surface area (Å²) in [6, 6.07) is 18.4. The lowest BCUT2D eigenvalue weighted by molar-refractivity contribution is 0.102. The molecule has 1 atom stereocenters. The van der Waals surface area contributed by atoms with E-state index in [2.05, 4.69) is 15.6 Å². The van der Waals surface area contributed by atoms with Crippen molar-refractivity contribution in [1.29, 1.82) is 0 Å². The molecular formula is C27H26ClF2N3O. The van der Waals surface area contributed by atoms with E-state index in [1.165, 1.54) is 47.7 Å². The molecule has 1 unspecified atom stereocenters. The first-order chi connectivity index (χ1) is 16.0. The molecule has 0 saturated heterocycles. The van der Waals surface area contributed by atoms with Crippen LogP contribution >= 0.6 is 12.4 Å². The lowest BCUT2D eigenvalue weighted by Crippen LogP contribution is -2.35. The molecule has 0 radical (unpaired) electrons. The molecule has 34 heavy (non-hydrogen) atoms. The highest BCUT2D eigenvalue weighted by Crippen LogP contribution is 2.31. The van der Waals surface area contributed by atoms with Crippen LogP contribution in [0.25, 0.3) is 10.9 Å². The second kappa shape index (κ2) is 10.4. The van der Waals surface area contributed by atoms with Crippen LogP contribution < -0.4 is 10.6 Å². The number of rotatable bonds is 6. The second-order valence-corrected chi connectivity index (χ2v) is 8.57. The number of nitrogens with one attached hydrogen (secondary N) is 3. The molecule has 176 valence electrons. The van der Waals surface area contributed by atoms with Gasteiger partial charge in [0, 0.05) is 33.9 Å². The largest absolute Gasteiger partial charge is 0.358 e. The molecular weight excluding hydrogens is 456 g/mol. The zero-order valence-corrected chi connectivity index (χ0v) is 19.4. The molecule has 1 heterocycles. The molecule has 1 amide bonds. The van der Waals surface area contributed by atoms with E-state index in [9.17, 15) is 13.6 Å². The first-order valence-electron chi connectivity index (χ1n) is 11.2. The van der Waals surface area contributed by atoms with Gasteiger partial charge in [0.05, 0.1) is 0 Å². The molecule has 5 rings (SSSR count). The van der Waals surface area contributed by atoms with Crippen molar-refractivity contribution in [2.24, 2.45) is 0 Å². The Balaban J connectivity index is 0.00000274. The van der Waals surface area contributed by atoms with Gasteiger partial charge in [0.15, 0.2) is 0 Å². The van der Waals surface area contributed by atoms with Crippen molar-refractivity contribution >= 4 is 34.9 Å². The summed E-state index contributed by atoms with van der Waals surface area (Å²) >= 11 is 0. The molecule has 1 aliphatic rings. The molecule has 0 spiro atoms. The topological polar surface area (TPSA) is 56.9 Å².